The van der Waals surface area contributed by atoms with Crippen LogP contribution < -0.4 is 10.1 Å². The van der Waals surface area contributed by atoms with Crippen LogP contribution >= 0.6 is 15.9 Å². The van der Waals surface area contributed by atoms with Crippen molar-refractivity contribution in [1.82, 2.24) is 15.5 Å². The first-order valence-corrected chi connectivity index (χ1v) is 8.41. The summed E-state index contributed by atoms with van der Waals surface area (Å²) in [5, 5.41) is 11.6. The molecule has 0 aliphatic heterocycles. The van der Waals surface area contributed by atoms with Crippen LogP contribution in [0.1, 0.15) is 24.4 Å². The van der Waals surface area contributed by atoms with E-state index in [1.54, 1.807) is 7.11 Å². The lowest BCUT2D eigenvalue weighted by molar-refractivity contribution is 0.414. The van der Waals surface area contributed by atoms with E-state index in [1.165, 1.54) is 5.56 Å². The lowest BCUT2D eigenvalue weighted by Crippen LogP contribution is -2.18. The van der Waals surface area contributed by atoms with Crippen molar-refractivity contribution >= 4 is 15.9 Å². The highest BCUT2D eigenvalue weighted by molar-refractivity contribution is 9.10. The van der Waals surface area contributed by atoms with Crippen LogP contribution in [0.25, 0.3) is 11.5 Å². The van der Waals surface area contributed by atoms with Crippen molar-refractivity contribution in [3.05, 3.63) is 64.5 Å². The topological polar surface area (TPSA) is 60.2 Å². The van der Waals surface area contributed by atoms with E-state index in [0.29, 0.717) is 18.3 Å². The first kappa shape index (κ1) is 16.7. The molecular formula is C18H18BrN3O2. The predicted molar refractivity (Wildman–Crippen MR) is 95.7 cm³/mol. The Morgan fingerprint density at radius 1 is 1.12 bits per heavy atom. The van der Waals surface area contributed by atoms with E-state index >= 15 is 0 Å². The maximum Gasteiger partial charge on any atom is 0.247 e. The Balaban J connectivity index is 1.64. The molecule has 2 aromatic carbocycles. The molecule has 3 aromatic rings. The molecule has 1 N–H and O–H groups in total. The van der Waals surface area contributed by atoms with Crippen LogP contribution in [0.15, 0.2) is 57.4 Å². The Bertz CT molecular complexity index is 802. The molecule has 0 aliphatic carbocycles. The Morgan fingerprint density at radius 3 is 2.58 bits per heavy atom. The Hall–Kier alpha value is -2.18. The van der Waals surface area contributed by atoms with E-state index in [4.69, 9.17) is 9.15 Å². The minimum absolute atomic E-state index is 0.164. The number of halogens is 1. The predicted octanol–water partition coefficient (Wildman–Crippen LogP) is 4.36. The van der Waals surface area contributed by atoms with Gasteiger partial charge in [-0.2, -0.15) is 0 Å². The molecule has 5 nitrogen and oxygen atoms in total. The lowest BCUT2D eigenvalue weighted by atomic mass is 10.1. The zero-order valence-corrected chi connectivity index (χ0v) is 15.1. The van der Waals surface area contributed by atoms with E-state index in [2.05, 4.69) is 44.4 Å². The molecule has 1 aromatic heterocycles. The first-order chi connectivity index (χ1) is 11.7. The number of ether oxygens (including phenoxy) is 1. The van der Waals surface area contributed by atoms with Gasteiger partial charge < -0.3 is 14.5 Å². The molecule has 1 atom stereocenters. The number of methoxy groups -OCH3 is 1. The first-order valence-electron chi connectivity index (χ1n) is 7.62. The van der Waals surface area contributed by atoms with Crippen molar-refractivity contribution < 1.29 is 9.15 Å². The normalized spacial score (nSPS) is 12.1. The largest absolute Gasteiger partial charge is 0.497 e. The molecule has 1 heterocycles. The quantitative estimate of drug-likeness (QED) is 0.680. The molecule has 124 valence electrons. The highest BCUT2D eigenvalue weighted by Crippen LogP contribution is 2.24. The summed E-state index contributed by atoms with van der Waals surface area (Å²) >= 11 is 3.57. The number of benzene rings is 2. The van der Waals surface area contributed by atoms with Gasteiger partial charge in [0.2, 0.25) is 11.8 Å². The number of hydrogen-bond acceptors (Lipinski definition) is 5. The minimum atomic E-state index is 0.164. The van der Waals surface area contributed by atoms with Gasteiger partial charge in [-0.3, -0.25) is 0 Å². The zero-order valence-electron chi connectivity index (χ0n) is 13.5. The number of nitrogens with zero attached hydrogens (tertiary/aromatic N) is 2. The molecule has 0 saturated heterocycles. The van der Waals surface area contributed by atoms with Crippen molar-refractivity contribution in [3.63, 3.8) is 0 Å². The average Bonchev–Trinajstić information content (AvgIpc) is 3.09. The molecule has 0 spiro atoms. The second-order valence-corrected chi connectivity index (χ2v) is 6.21. The third-order valence-corrected chi connectivity index (χ3v) is 4.46. The molecular weight excluding hydrogens is 370 g/mol. The number of nitrogens with one attached hydrogen (secondary N) is 1. The minimum Gasteiger partial charge on any atom is -0.497 e. The molecule has 0 unspecified atom stereocenters. The van der Waals surface area contributed by atoms with Crippen molar-refractivity contribution in [1.29, 1.82) is 0 Å². The van der Waals surface area contributed by atoms with E-state index < -0.39 is 0 Å². The van der Waals surface area contributed by atoms with Gasteiger partial charge in [0, 0.05) is 16.1 Å². The van der Waals surface area contributed by atoms with Gasteiger partial charge in [-0.15, -0.1) is 10.2 Å². The van der Waals surface area contributed by atoms with Gasteiger partial charge in [0.1, 0.15) is 5.75 Å². The van der Waals surface area contributed by atoms with Crippen LogP contribution in [0.2, 0.25) is 0 Å². The molecule has 3 rings (SSSR count). The van der Waals surface area contributed by atoms with Gasteiger partial charge in [-0.1, -0.05) is 34.1 Å². The molecule has 24 heavy (non-hydrogen) atoms. The standard InChI is InChI=1S/C18H18BrN3O2/c1-12(15-5-3-4-6-16(15)19)20-11-17-21-22-18(24-17)13-7-9-14(23-2)10-8-13/h3-10,12,20H,11H2,1-2H3/t12-/m0/s1. The van der Waals surface area contributed by atoms with E-state index in [-0.39, 0.29) is 6.04 Å². The molecule has 0 saturated carbocycles. The molecule has 0 amide bonds. The van der Waals surface area contributed by atoms with Gasteiger partial charge in [0.15, 0.2) is 0 Å². The van der Waals surface area contributed by atoms with Gasteiger partial charge >= 0.3 is 0 Å². The van der Waals surface area contributed by atoms with Crippen molar-refractivity contribution in [2.45, 2.75) is 19.5 Å². The summed E-state index contributed by atoms with van der Waals surface area (Å²) in [5.41, 5.74) is 2.06. The van der Waals surface area contributed by atoms with Crippen molar-refractivity contribution in [3.8, 4) is 17.2 Å². The van der Waals surface area contributed by atoms with E-state index in [0.717, 1.165) is 15.8 Å². The zero-order chi connectivity index (χ0) is 16.9. The Kier molecular flexibility index (Phi) is 5.27. The van der Waals surface area contributed by atoms with Crippen LogP contribution in [0.4, 0.5) is 0 Å². The molecule has 6 heteroatoms. The van der Waals surface area contributed by atoms with Gasteiger partial charge in [-0.25, -0.2) is 0 Å². The molecule has 0 fully saturated rings. The summed E-state index contributed by atoms with van der Waals surface area (Å²) in [5.74, 6) is 1.85. The van der Waals surface area contributed by atoms with Gasteiger partial charge in [0.25, 0.3) is 0 Å². The van der Waals surface area contributed by atoms with Crippen molar-refractivity contribution in [2.75, 3.05) is 7.11 Å². The average molecular weight is 388 g/mol. The summed E-state index contributed by atoms with van der Waals surface area (Å²) in [4.78, 5) is 0. The van der Waals surface area contributed by atoms with Crippen molar-refractivity contribution in [2.24, 2.45) is 0 Å². The summed E-state index contributed by atoms with van der Waals surface area (Å²) < 4.78 is 11.9. The van der Waals surface area contributed by atoms with Crippen LogP contribution in [0, 0.1) is 0 Å². The fraction of sp³-hybridized carbons (Fsp3) is 0.222. The highest BCUT2D eigenvalue weighted by Gasteiger charge is 2.12. The number of aromatic nitrogens is 2. The molecule has 0 aliphatic rings. The third kappa shape index (κ3) is 3.83. The monoisotopic (exact) mass is 387 g/mol. The van der Waals surface area contributed by atoms with Gasteiger partial charge in [-0.05, 0) is 42.8 Å². The number of rotatable bonds is 6. The smallest absolute Gasteiger partial charge is 0.247 e. The second-order valence-electron chi connectivity index (χ2n) is 5.35. The maximum atomic E-state index is 5.72. The number of hydrogen-bond donors (Lipinski definition) is 1. The summed E-state index contributed by atoms with van der Waals surface area (Å²) in [6.07, 6.45) is 0. The third-order valence-electron chi connectivity index (χ3n) is 3.74. The summed E-state index contributed by atoms with van der Waals surface area (Å²) in [6.45, 7) is 2.60. The molecule has 0 radical (unpaired) electrons. The maximum absolute atomic E-state index is 5.72. The summed E-state index contributed by atoms with van der Waals surface area (Å²) in [6, 6.07) is 15.8. The van der Waals surface area contributed by atoms with Gasteiger partial charge in [0.05, 0.1) is 13.7 Å². The van der Waals surface area contributed by atoms with Crippen LogP contribution in [0.3, 0.4) is 0 Å². The summed E-state index contributed by atoms with van der Waals surface area (Å²) in [7, 11) is 1.64. The Labute approximate surface area is 149 Å². The molecule has 0 bridgehead atoms. The van der Waals surface area contributed by atoms with E-state index in [9.17, 15) is 0 Å². The lowest BCUT2D eigenvalue weighted by Gasteiger charge is -2.14. The van der Waals surface area contributed by atoms with E-state index in [1.807, 2.05) is 42.5 Å². The SMILES string of the molecule is COc1ccc(-c2nnc(CN[C@@H](C)c3ccccc3Br)o2)cc1. The highest BCUT2D eigenvalue weighted by atomic mass is 79.9. The fourth-order valence-corrected chi connectivity index (χ4v) is 2.98. The van der Waals surface area contributed by atoms with Crippen LogP contribution in [-0.2, 0) is 6.54 Å². The Morgan fingerprint density at radius 2 is 1.88 bits per heavy atom. The van der Waals surface area contributed by atoms with Crippen LogP contribution in [-0.4, -0.2) is 17.3 Å². The second kappa shape index (κ2) is 7.59. The fourth-order valence-electron chi connectivity index (χ4n) is 2.35. The van der Waals surface area contributed by atoms with Crippen LogP contribution in [0.5, 0.6) is 5.75 Å².